The van der Waals surface area contributed by atoms with Crippen molar-refractivity contribution in [3.05, 3.63) is 48.3 Å². The van der Waals surface area contributed by atoms with Crippen molar-refractivity contribution in [2.75, 3.05) is 0 Å². The molecule has 0 aliphatic carbocycles. The van der Waals surface area contributed by atoms with Crippen molar-refractivity contribution in [3.63, 3.8) is 0 Å². The molecule has 0 saturated heterocycles. The molecule has 2 rings (SSSR count). The van der Waals surface area contributed by atoms with E-state index < -0.39 is 0 Å². The lowest BCUT2D eigenvalue weighted by atomic mass is 10.0. The Morgan fingerprint density at radius 2 is 1.45 bits per heavy atom. The van der Waals surface area contributed by atoms with Crippen LogP contribution in [0.2, 0.25) is 0 Å². The van der Waals surface area contributed by atoms with Crippen LogP contribution in [0.5, 0.6) is 0 Å². The average Bonchev–Trinajstić information content (AvgIpc) is 2.58. The molecular weight excluding hydrogens is 268 g/mol. The smallest absolute Gasteiger partial charge is 0.0918 e. The van der Waals surface area contributed by atoms with Crippen LogP contribution in [0.4, 0.5) is 0 Å². The Balaban J connectivity index is 1.77. The van der Waals surface area contributed by atoms with Crippen LogP contribution in [0.3, 0.4) is 0 Å². The van der Waals surface area contributed by atoms with Crippen LogP contribution in [-0.4, -0.2) is 9.97 Å². The standard InChI is InChI=1S/C20H28N2/c1-2-3-4-5-6-7-8-9-13-18-14-12-17-22-20(18)19-15-10-11-16-21-19/h10-12,14-17H,2-9,13H2,1H3. The summed E-state index contributed by atoms with van der Waals surface area (Å²) in [7, 11) is 0. The number of rotatable bonds is 10. The molecule has 0 aromatic carbocycles. The van der Waals surface area contributed by atoms with Gasteiger partial charge in [-0.2, -0.15) is 0 Å². The van der Waals surface area contributed by atoms with Gasteiger partial charge in [0, 0.05) is 12.4 Å². The van der Waals surface area contributed by atoms with Crippen LogP contribution in [-0.2, 0) is 6.42 Å². The van der Waals surface area contributed by atoms with Gasteiger partial charge in [0.15, 0.2) is 0 Å². The second-order valence-corrected chi connectivity index (χ2v) is 5.95. The summed E-state index contributed by atoms with van der Waals surface area (Å²) in [5.74, 6) is 0. The van der Waals surface area contributed by atoms with Crippen molar-refractivity contribution >= 4 is 0 Å². The van der Waals surface area contributed by atoms with Crippen molar-refractivity contribution in [3.8, 4) is 11.4 Å². The first-order chi connectivity index (χ1) is 10.9. The van der Waals surface area contributed by atoms with Gasteiger partial charge in [0.2, 0.25) is 0 Å². The summed E-state index contributed by atoms with van der Waals surface area (Å²) in [5.41, 5.74) is 3.36. The van der Waals surface area contributed by atoms with Crippen LogP contribution in [0.1, 0.15) is 63.9 Å². The summed E-state index contributed by atoms with van der Waals surface area (Å²) in [4.78, 5) is 8.97. The van der Waals surface area contributed by atoms with Gasteiger partial charge in [-0.15, -0.1) is 0 Å². The quantitative estimate of drug-likeness (QED) is 0.516. The van der Waals surface area contributed by atoms with Gasteiger partial charge in [-0.1, -0.05) is 64.0 Å². The number of nitrogens with zero attached hydrogens (tertiary/aromatic N) is 2. The zero-order valence-corrected chi connectivity index (χ0v) is 13.8. The Bertz CT molecular complexity index is 522. The Kier molecular flexibility index (Phi) is 7.65. The molecule has 2 aromatic rings. The maximum Gasteiger partial charge on any atom is 0.0918 e. The molecule has 0 N–H and O–H groups in total. The predicted octanol–water partition coefficient (Wildman–Crippen LogP) is 5.83. The lowest BCUT2D eigenvalue weighted by Gasteiger charge is -2.08. The topological polar surface area (TPSA) is 25.8 Å². The van der Waals surface area contributed by atoms with Crippen LogP contribution < -0.4 is 0 Å². The third-order valence-electron chi connectivity index (χ3n) is 4.10. The highest BCUT2D eigenvalue weighted by Gasteiger charge is 2.06. The maximum atomic E-state index is 4.54. The molecule has 0 unspecified atom stereocenters. The van der Waals surface area contributed by atoms with E-state index in [9.17, 15) is 0 Å². The summed E-state index contributed by atoms with van der Waals surface area (Å²) in [6, 6.07) is 10.2. The summed E-state index contributed by atoms with van der Waals surface area (Å²) in [6.45, 7) is 2.27. The van der Waals surface area contributed by atoms with Gasteiger partial charge >= 0.3 is 0 Å². The van der Waals surface area contributed by atoms with Gasteiger partial charge in [-0.25, -0.2) is 0 Å². The minimum atomic E-state index is 0.984. The minimum Gasteiger partial charge on any atom is -0.255 e. The van der Waals surface area contributed by atoms with Gasteiger partial charge in [-0.3, -0.25) is 9.97 Å². The average molecular weight is 296 g/mol. The number of pyridine rings is 2. The molecule has 2 heterocycles. The second kappa shape index (κ2) is 10.1. The zero-order valence-electron chi connectivity index (χ0n) is 13.8. The highest BCUT2D eigenvalue weighted by molar-refractivity contribution is 5.58. The molecule has 22 heavy (non-hydrogen) atoms. The zero-order chi connectivity index (χ0) is 15.5. The first kappa shape index (κ1) is 16.7. The first-order valence-electron chi connectivity index (χ1n) is 8.77. The van der Waals surface area contributed by atoms with E-state index in [1.54, 1.807) is 0 Å². The molecule has 0 spiro atoms. The second-order valence-electron chi connectivity index (χ2n) is 5.95. The number of aromatic nitrogens is 2. The number of aryl methyl sites for hydroxylation is 1. The van der Waals surface area contributed by atoms with Crippen LogP contribution in [0.25, 0.3) is 11.4 Å². The molecule has 0 atom stereocenters. The highest BCUT2D eigenvalue weighted by Crippen LogP contribution is 2.21. The summed E-state index contributed by atoms with van der Waals surface area (Å²) < 4.78 is 0. The van der Waals surface area contributed by atoms with Crippen molar-refractivity contribution in [1.82, 2.24) is 9.97 Å². The predicted molar refractivity (Wildman–Crippen MR) is 93.8 cm³/mol. The normalized spacial score (nSPS) is 10.8. The Morgan fingerprint density at radius 3 is 2.18 bits per heavy atom. The molecule has 0 radical (unpaired) electrons. The SMILES string of the molecule is CCCCCCCCCCc1cccnc1-c1ccccn1. The van der Waals surface area contributed by atoms with E-state index >= 15 is 0 Å². The van der Waals surface area contributed by atoms with Crippen molar-refractivity contribution in [2.45, 2.75) is 64.7 Å². The van der Waals surface area contributed by atoms with Crippen LogP contribution in [0, 0.1) is 0 Å². The van der Waals surface area contributed by atoms with E-state index in [0.29, 0.717) is 0 Å². The molecular formula is C20H28N2. The third-order valence-corrected chi connectivity index (χ3v) is 4.10. The number of hydrogen-bond donors (Lipinski definition) is 0. The van der Waals surface area contributed by atoms with Crippen molar-refractivity contribution < 1.29 is 0 Å². The lowest BCUT2D eigenvalue weighted by molar-refractivity contribution is 0.575. The van der Waals surface area contributed by atoms with Gasteiger partial charge < -0.3 is 0 Å². The molecule has 0 bridgehead atoms. The summed E-state index contributed by atoms with van der Waals surface area (Å²) in [6.07, 6.45) is 15.7. The van der Waals surface area contributed by atoms with Gasteiger partial charge in [0.25, 0.3) is 0 Å². The molecule has 2 nitrogen and oxygen atoms in total. The van der Waals surface area contributed by atoms with Gasteiger partial charge in [0.05, 0.1) is 11.4 Å². The van der Waals surface area contributed by atoms with Gasteiger partial charge in [-0.05, 0) is 36.6 Å². The summed E-state index contributed by atoms with van der Waals surface area (Å²) >= 11 is 0. The maximum absolute atomic E-state index is 4.54. The van der Waals surface area contributed by atoms with E-state index in [4.69, 9.17) is 0 Å². The monoisotopic (exact) mass is 296 g/mol. The van der Waals surface area contributed by atoms with Crippen molar-refractivity contribution in [1.29, 1.82) is 0 Å². The molecule has 2 heteroatoms. The van der Waals surface area contributed by atoms with Crippen LogP contribution in [0.15, 0.2) is 42.7 Å². The fraction of sp³-hybridized carbons (Fsp3) is 0.500. The van der Waals surface area contributed by atoms with E-state index in [1.165, 1.54) is 56.9 Å². The molecule has 0 amide bonds. The van der Waals surface area contributed by atoms with Crippen molar-refractivity contribution in [2.24, 2.45) is 0 Å². The van der Waals surface area contributed by atoms with E-state index in [1.807, 2.05) is 36.7 Å². The Labute approximate surface area is 135 Å². The van der Waals surface area contributed by atoms with Crippen LogP contribution >= 0.6 is 0 Å². The molecule has 118 valence electrons. The number of hydrogen-bond acceptors (Lipinski definition) is 2. The molecule has 0 saturated carbocycles. The first-order valence-corrected chi connectivity index (χ1v) is 8.77. The van der Waals surface area contributed by atoms with E-state index in [0.717, 1.165) is 17.8 Å². The Morgan fingerprint density at radius 1 is 0.727 bits per heavy atom. The Hall–Kier alpha value is -1.70. The minimum absolute atomic E-state index is 0.984. The third kappa shape index (κ3) is 5.59. The molecule has 0 fully saturated rings. The molecule has 0 aliphatic rings. The highest BCUT2D eigenvalue weighted by atomic mass is 14.8. The lowest BCUT2D eigenvalue weighted by Crippen LogP contribution is -1.95. The molecule has 2 aromatic heterocycles. The fourth-order valence-corrected chi connectivity index (χ4v) is 2.82. The van der Waals surface area contributed by atoms with Gasteiger partial charge in [0.1, 0.15) is 0 Å². The summed E-state index contributed by atoms with van der Waals surface area (Å²) in [5, 5.41) is 0. The van der Waals surface area contributed by atoms with E-state index in [-0.39, 0.29) is 0 Å². The largest absolute Gasteiger partial charge is 0.255 e. The number of unbranched alkanes of at least 4 members (excludes halogenated alkanes) is 7. The van der Waals surface area contributed by atoms with E-state index in [2.05, 4.69) is 23.0 Å². The molecule has 0 aliphatic heterocycles. The fourth-order valence-electron chi connectivity index (χ4n) is 2.82.